The lowest BCUT2D eigenvalue weighted by Gasteiger charge is -2.43. The summed E-state index contributed by atoms with van der Waals surface area (Å²) in [4.78, 5) is 0. The topological polar surface area (TPSA) is 34.3 Å². The lowest BCUT2D eigenvalue weighted by Crippen LogP contribution is -2.57. The van der Waals surface area contributed by atoms with Crippen LogP contribution < -0.4 is 5.32 Å². The van der Waals surface area contributed by atoms with Crippen molar-refractivity contribution in [3.05, 3.63) is 0 Å². The third kappa shape index (κ3) is 1.94. The minimum Gasteiger partial charge on any atom is -0.391 e. The van der Waals surface area contributed by atoms with Crippen molar-refractivity contribution in [1.82, 2.24) is 5.32 Å². The molecule has 1 atom stereocenters. The van der Waals surface area contributed by atoms with Crippen LogP contribution in [0.15, 0.2) is 0 Å². The Balaban J connectivity index is 2.67. The third-order valence-electron chi connectivity index (χ3n) is 2.44. The summed E-state index contributed by atoms with van der Waals surface area (Å²) in [5.41, 5.74) is -0.190. The van der Waals surface area contributed by atoms with Crippen molar-refractivity contribution in [2.75, 3.05) is 0 Å². The van der Waals surface area contributed by atoms with Crippen molar-refractivity contribution in [2.24, 2.45) is 0 Å². The second-order valence-electron chi connectivity index (χ2n) is 4.63. The Hall–Kier alpha value is -0.0800. The zero-order valence-electron chi connectivity index (χ0n) is 7.89. The van der Waals surface area contributed by atoms with Crippen molar-refractivity contribution in [2.45, 2.75) is 57.7 Å². The van der Waals surface area contributed by atoms with Crippen LogP contribution in [-0.4, -0.2) is 22.3 Å². The van der Waals surface area contributed by atoms with Crippen molar-refractivity contribution in [1.29, 1.82) is 0 Å². The van der Waals surface area contributed by atoms with Crippen LogP contribution in [0.25, 0.3) is 0 Å². The number of aliphatic hydroxyl groups is 1. The van der Waals surface area contributed by atoms with Gasteiger partial charge in [0.15, 0.2) is 0 Å². The number of hydrogen-bond donors (Lipinski definition) is 1. The molecule has 0 spiro atoms. The van der Waals surface area contributed by atoms with Crippen LogP contribution in [-0.2, 0) is 0 Å². The molecule has 1 rings (SSSR count). The van der Waals surface area contributed by atoms with Crippen molar-refractivity contribution < 1.29 is 5.11 Å². The molecule has 0 saturated carbocycles. The van der Waals surface area contributed by atoms with Gasteiger partial charge in [0.25, 0.3) is 0 Å². The molecule has 1 aliphatic heterocycles. The van der Waals surface area contributed by atoms with Crippen LogP contribution in [0.1, 0.15) is 40.5 Å². The molecule has 2 nitrogen and oxygen atoms in total. The number of hydrogen-bond acceptors (Lipinski definition) is 1. The Bertz CT molecular complexity index is 152. The van der Waals surface area contributed by atoms with Crippen LogP contribution in [0.4, 0.5) is 0 Å². The first-order chi connectivity index (χ1) is 4.83. The van der Waals surface area contributed by atoms with Gasteiger partial charge in [-0.1, -0.05) is 0 Å². The van der Waals surface area contributed by atoms with Crippen LogP contribution >= 0.6 is 0 Å². The summed E-state index contributed by atoms with van der Waals surface area (Å²) in [6.45, 7) is 8.25. The van der Waals surface area contributed by atoms with E-state index in [1.54, 1.807) is 0 Å². The van der Waals surface area contributed by atoms with E-state index >= 15 is 0 Å². The fourth-order valence-electron chi connectivity index (χ4n) is 1.75. The van der Waals surface area contributed by atoms with E-state index in [1.807, 2.05) is 13.8 Å². The molecule has 0 bridgehead atoms. The van der Waals surface area contributed by atoms with Gasteiger partial charge in [-0.3, -0.25) is 0 Å². The Morgan fingerprint density at radius 3 is 2.18 bits per heavy atom. The fourth-order valence-corrected chi connectivity index (χ4v) is 1.75. The highest BCUT2D eigenvalue weighted by atomic mass is 16.3. The maximum absolute atomic E-state index is 9.58. The molecule has 1 N–H and O–H groups in total. The molecule has 0 aromatic carbocycles. The molecular weight excluding hydrogens is 138 g/mol. The molecule has 11 heavy (non-hydrogen) atoms. The van der Waals surface area contributed by atoms with Crippen LogP contribution in [0.5, 0.6) is 0 Å². The number of rotatable bonds is 0. The van der Waals surface area contributed by atoms with Gasteiger partial charge in [0, 0.05) is 5.54 Å². The molecule has 65 valence electrons. The monoisotopic (exact) mass is 156 g/mol. The van der Waals surface area contributed by atoms with Gasteiger partial charge in [-0.25, -0.2) is 5.32 Å². The van der Waals surface area contributed by atoms with E-state index < -0.39 is 0 Å². The van der Waals surface area contributed by atoms with Crippen molar-refractivity contribution in [3.8, 4) is 0 Å². The molecule has 1 fully saturated rings. The van der Waals surface area contributed by atoms with Crippen LogP contribution in [0, 0.1) is 0 Å². The molecule has 1 unspecified atom stereocenters. The molecule has 0 aromatic heterocycles. The van der Waals surface area contributed by atoms with Gasteiger partial charge in [0.2, 0.25) is 0 Å². The highest BCUT2D eigenvalue weighted by Gasteiger charge is 2.39. The van der Waals surface area contributed by atoms with E-state index in [0.717, 1.165) is 12.8 Å². The Morgan fingerprint density at radius 2 is 1.82 bits per heavy atom. The van der Waals surface area contributed by atoms with E-state index in [9.17, 15) is 5.11 Å². The van der Waals surface area contributed by atoms with Gasteiger partial charge in [0.05, 0.1) is 11.6 Å². The van der Waals surface area contributed by atoms with Gasteiger partial charge >= 0.3 is 0 Å². The van der Waals surface area contributed by atoms with E-state index in [2.05, 4.69) is 19.2 Å². The smallest absolute Gasteiger partial charge is 0.0733 e. The van der Waals surface area contributed by atoms with Gasteiger partial charge < -0.3 is 5.11 Å². The van der Waals surface area contributed by atoms with Crippen LogP contribution in [0.3, 0.4) is 0 Å². The Kier molecular flexibility index (Phi) is 2.01. The summed E-state index contributed by atoms with van der Waals surface area (Å²) in [5, 5.41) is 14.2. The summed E-state index contributed by atoms with van der Waals surface area (Å²) in [6.07, 6.45) is 1.62. The Morgan fingerprint density at radius 1 is 1.27 bits per heavy atom. The van der Waals surface area contributed by atoms with Gasteiger partial charge in [0.1, 0.15) is 0 Å². The first-order valence-corrected chi connectivity index (χ1v) is 4.26. The van der Waals surface area contributed by atoms with E-state index in [1.165, 1.54) is 0 Å². The van der Waals surface area contributed by atoms with Gasteiger partial charge in [-0.15, -0.1) is 0 Å². The van der Waals surface area contributed by atoms with Gasteiger partial charge in [-0.2, -0.15) is 0 Å². The largest absolute Gasteiger partial charge is 0.391 e. The van der Waals surface area contributed by atoms with Crippen LogP contribution in [0.2, 0.25) is 0 Å². The zero-order valence-corrected chi connectivity index (χ0v) is 7.89. The first-order valence-electron chi connectivity index (χ1n) is 4.26. The third-order valence-corrected chi connectivity index (χ3v) is 2.44. The second kappa shape index (κ2) is 2.46. The van der Waals surface area contributed by atoms with Crippen molar-refractivity contribution >= 4 is 0 Å². The summed E-state index contributed by atoms with van der Waals surface area (Å²) in [6, 6.07) is 0. The highest BCUT2D eigenvalue weighted by molar-refractivity contribution is 4.98. The molecular formula is C9H18NO. The predicted octanol–water partition coefficient (Wildman–Crippen LogP) is 1.30. The molecule has 0 aliphatic carbocycles. The molecule has 0 aromatic rings. The lowest BCUT2D eigenvalue weighted by molar-refractivity contribution is 0.0104. The van der Waals surface area contributed by atoms with Gasteiger partial charge in [-0.05, 0) is 40.5 Å². The minimum absolute atomic E-state index is 0.0583. The SMILES string of the molecule is CC1(C)CCC(O)C(C)(C)[N]1. The maximum atomic E-state index is 9.58. The minimum atomic E-state index is -0.254. The van der Waals surface area contributed by atoms with E-state index in [0.29, 0.717) is 0 Å². The maximum Gasteiger partial charge on any atom is 0.0733 e. The average Bonchev–Trinajstić information content (AvgIpc) is 1.77. The summed E-state index contributed by atoms with van der Waals surface area (Å²) in [7, 11) is 0. The summed E-state index contributed by atoms with van der Waals surface area (Å²) >= 11 is 0. The molecule has 1 saturated heterocycles. The standard InChI is InChI=1S/C9H18NO/c1-8(2)6-5-7(11)9(3,4)10-8/h7,11H,5-6H2,1-4H3. The fraction of sp³-hybridized carbons (Fsp3) is 1.00. The molecule has 1 heterocycles. The molecule has 1 aliphatic rings. The summed E-state index contributed by atoms with van der Waals surface area (Å²) in [5.74, 6) is 0. The normalized spacial score (nSPS) is 35.2. The zero-order chi connectivity index (χ0) is 8.70. The Labute approximate surface area is 69.0 Å². The summed E-state index contributed by atoms with van der Waals surface area (Å²) < 4.78 is 0. The quantitative estimate of drug-likeness (QED) is 0.563. The first kappa shape index (κ1) is 9.01. The molecule has 2 heteroatoms. The van der Waals surface area contributed by atoms with E-state index in [-0.39, 0.29) is 17.2 Å². The average molecular weight is 156 g/mol. The van der Waals surface area contributed by atoms with E-state index in [4.69, 9.17) is 0 Å². The second-order valence-corrected chi connectivity index (χ2v) is 4.63. The van der Waals surface area contributed by atoms with Crippen molar-refractivity contribution in [3.63, 3.8) is 0 Å². The number of aliphatic hydroxyl groups excluding tert-OH is 1. The molecule has 1 radical (unpaired) electrons. The lowest BCUT2D eigenvalue weighted by atomic mass is 9.81. The predicted molar refractivity (Wildman–Crippen MR) is 45.5 cm³/mol. The number of piperidine rings is 1. The number of nitrogens with zero attached hydrogens (tertiary/aromatic N) is 1. The highest BCUT2D eigenvalue weighted by Crippen LogP contribution is 2.30. The molecule has 0 amide bonds.